The summed E-state index contributed by atoms with van der Waals surface area (Å²) in [6.45, 7) is 5.64. The van der Waals surface area contributed by atoms with E-state index in [0.717, 1.165) is 6.04 Å². The van der Waals surface area contributed by atoms with Gasteiger partial charge in [-0.1, -0.05) is 19.1 Å². The van der Waals surface area contributed by atoms with Gasteiger partial charge in [0.2, 0.25) is 8.32 Å². The molecule has 19 heavy (non-hydrogen) atoms. The van der Waals surface area contributed by atoms with Crippen LogP contribution in [0.2, 0.25) is 19.1 Å². The number of rotatable bonds is 4. The summed E-state index contributed by atoms with van der Waals surface area (Å²) in [7, 11) is -6.56. The van der Waals surface area contributed by atoms with Gasteiger partial charge in [-0.3, -0.25) is 4.55 Å². The van der Waals surface area contributed by atoms with Crippen molar-refractivity contribution in [1.82, 2.24) is 0 Å². The molecule has 1 aromatic rings. The van der Waals surface area contributed by atoms with Crippen molar-refractivity contribution in [2.45, 2.75) is 31.0 Å². The first-order valence-electron chi connectivity index (χ1n) is 5.47. The fourth-order valence-corrected chi connectivity index (χ4v) is 2.67. The monoisotopic (exact) mass is 296 g/mol. The first kappa shape index (κ1) is 18.4. The van der Waals surface area contributed by atoms with Crippen LogP contribution in [0.25, 0.3) is 0 Å². The molecule has 1 rings (SSSR count). The molecule has 0 unspecified atom stereocenters. The molecule has 0 atom stereocenters. The average molecular weight is 296 g/mol. The molecule has 0 fully saturated rings. The van der Waals surface area contributed by atoms with Gasteiger partial charge in [0.25, 0.3) is 10.1 Å². The first-order valence-corrected chi connectivity index (χ1v) is 10.0. The third-order valence-electron chi connectivity index (χ3n) is 2.61. The third kappa shape index (κ3) is 5.12. The van der Waals surface area contributed by atoms with Crippen LogP contribution in [-0.2, 0) is 14.5 Å². The van der Waals surface area contributed by atoms with Crippen molar-refractivity contribution in [3.63, 3.8) is 0 Å². The molecule has 1 aromatic carbocycles. The van der Waals surface area contributed by atoms with Gasteiger partial charge in [0.05, 0.1) is 5.56 Å². The molecule has 8 heteroatoms. The van der Waals surface area contributed by atoms with Crippen LogP contribution in [0, 0.1) is 0 Å². The molecule has 0 amide bonds. The summed E-state index contributed by atoms with van der Waals surface area (Å²) in [6, 6.07) is 6.18. The zero-order valence-electron chi connectivity index (χ0n) is 10.5. The fourth-order valence-electron chi connectivity index (χ4n) is 1.24. The van der Waals surface area contributed by atoms with Crippen LogP contribution in [0.3, 0.4) is 0 Å². The van der Waals surface area contributed by atoms with Crippen LogP contribution in [0.4, 0.5) is 0 Å². The molecule has 0 radical (unpaired) electrons. The molecular weight excluding hydrogens is 279 g/mol. The van der Waals surface area contributed by atoms with E-state index in [1.54, 1.807) is 0 Å². The Kier molecular flexibility index (Phi) is 6.52. The van der Waals surface area contributed by atoms with Crippen LogP contribution in [0.15, 0.2) is 29.2 Å². The second-order valence-corrected chi connectivity index (χ2v) is 10.3. The predicted octanol–water partition coefficient (Wildman–Crippen LogP) is 1.67. The van der Waals surface area contributed by atoms with Gasteiger partial charge in [-0.2, -0.15) is 8.42 Å². The first-order chi connectivity index (χ1) is 8.17. The van der Waals surface area contributed by atoms with E-state index in [9.17, 15) is 13.2 Å². The van der Waals surface area contributed by atoms with Gasteiger partial charge in [0, 0.05) is 0 Å². The van der Waals surface area contributed by atoms with Gasteiger partial charge in [0.1, 0.15) is 4.90 Å². The second kappa shape index (κ2) is 6.72. The van der Waals surface area contributed by atoms with Gasteiger partial charge in [0.15, 0.2) is 0 Å². The van der Waals surface area contributed by atoms with Gasteiger partial charge in [-0.15, -0.1) is 0 Å². The minimum atomic E-state index is -4.43. The van der Waals surface area contributed by atoms with Crippen molar-refractivity contribution in [3.8, 4) is 0 Å². The number of carbonyl (C=O) groups excluding carboxylic acids is 1. The van der Waals surface area contributed by atoms with Crippen LogP contribution < -0.4 is 0 Å². The molecule has 102 valence electrons. The summed E-state index contributed by atoms with van der Waals surface area (Å²) in [5.41, 5.74) is -0.131. The maximum absolute atomic E-state index is 11.9. The van der Waals surface area contributed by atoms with E-state index in [1.165, 1.54) is 24.3 Å². The predicted molar refractivity (Wildman–Crippen MR) is 76.8 cm³/mol. The molecule has 0 aromatic heterocycles. The summed E-state index contributed by atoms with van der Waals surface area (Å²) in [6.07, 6.45) is 0. The molecular formula is C11H17LiO5SSi. The fraction of sp³-hybridized carbons (Fsp3) is 0.364. The Morgan fingerprint density at radius 1 is 1.32 bits per heavy atom. The number of hydrogen-bond donors (Lipinski definition) is 1. The average Bonchev–Trinajstić information content (AvgIpc) is 2.27. The number of hydrogen-bond acceptors (Lipinski definition) is 4. The van der Waals surface area contributed by atoms with E-state index >= 15 is 0 Å². The normalized spacial score (nSPS) is 11.6. The molecule has 0 aliphatic rings. The van der Waals surface area contributed by atoms with Crippen LogP contribution in [0.1, 0.15) is 17.3 Å². The number of carbonyl (C=O) groups is 1. The molecule has 0 heterocycles. The van der Waals surface area contributed by atoms with E-state index in [1.807, 2.05) is 20.0 Å². The number of benzene rings is 1. The van der Waals surface area contributed by atoms with Gasteiger partial charge in [-0.05, 0) is 31.3 Å². The Balaban J connectivity index is 0.00000324. The van der Waals surface area contributed by atoms with Crippen LogP contribution in [0.5, 0.6) is 0 Å². The quantitative estimate of drug-likeness (QED) is 0.675. The minimum absolute atomic E-state index is 0. The zero-order chi connectivity index (χ0) is 14.0. The molecule has 0 saturated carbocycles. The molecule has 0 bridgehead atoms. The van der Waals surface area contributed by atoms with Crippen molar-refractivity contribution >= 4 is 43.3 Å². The standard InChI is InChI=1S/C11H16O5SSi.Li.H/c1-4-18(2,3)16-11(12)9-7-5-6-8-10(9)17(13,14)15;;/h5-8H,4H2,1-3H3,(H,13,14,15);;. The van der Waals surface area contributed by atoms with Crippen LogP contribution in [-0.4, -0.2) is 46.1 Å². The van der Waals surface area contributed by atoms with E-state index in [4.69, 9.17) is 8.98 Å². The van der Waals surface area contributed by atoms with Crippen molar-refractivity contribution in [2.75, 3.05) is 0 Å². The summed E-state index contributed by atoms with van der Waals surface area (Å²) in [5, 5.41) is 0. The third-order valence-corrected chi connectivity index (χ3v) is 5.96. The Labute approximate surface area is 126 Å². The van der Waals surface area contributed by atoms with E-state index in [2.05, 4.69) is 0 Å². The van der Waals surface area contributed by atoms with E-state index in [-0.39, 0.29) is 24.4 Å². The van der Waals surface area contributed by atoms with Gasteiger partial charge >= 0.3 is 24.8 Å². The molecule has 0 saturated heterocycles. The SMILES string of the molecule is CC[Si](C)(C)OC(=O)c1ccccc1S(=O)(=O)O.[LiH]. The summed E-state index contributed by atoms with van der Waals surface area (Å²) in [4.78, 5) is 11.5. The van der Waals surface area contributed by atoms with Crippen molar-refractivity contribution < 1.29 is 22.2 Å². The molecule has 0 aliphatic carbocycles. The Morgan fingerprint density at radius 2 is 1.84 bits per heavy atom. The van der Waals surface area contributed by atoms with Crippen LogP contribution >= 0.6 is 0 Å². The van der Waals surface area contributed by atoms with E-state index < -0.39 is 29.3 Å². The zero-order valence-corrected chi connectivity index (χ0v) is 12.3. The Morgan fingerprint density at radius 3 is 2.32 bits per heavy atom. The van der Waals surface area contributed by atoms with Gasteiger partial charge < -0.3 is 4.43 Å². The second-order valence-electron chi connectivity index (χ2n) is 4.47. The van der Waals surface area contributed by atoms with Crippen molar-refractivity contribution in [1.29, 1.82) is 0 Å². The van der Waals surface area contributed by atoms with Crippen molar-refractivity contribution in [3.05, 3.63) is 29.8 Å². The van der Waals surface area contributed by atoms with Crippen molar-refractivity contribution in [2.24, 2.45) is 0 Å². The molecule has 0 spiro atoms. The summed E-state index contributed by atoms with van der Waals surface area (Å²) < 4.78 is 36.7. The maximum atomic E-state index is 11.9. The van der Waals surface area contributed by atoms with E-state index in [0.29, 0.717) is 0 Å². The Bertz CT molecular complexity index is 556. The summed E-state index contributed by atoms with van der Waals surface area (Å²) in [5.74, 6) is -0.707. The topological polar surface area (TPSA) is 80.7 Å². The summed E-state index contributed by atoms with van der Waals surface area (Å²) >= 11 is 0. The van der Waals surface area contributed by atoms with Gasteiger partial charge in [-0.25, -0.2) is 4.79 Å². The Hall–Kier alpha value is -0.586. The molecule has 0 aliphatic heterocycles. The molecule has 1 N–H and O–H groups in total. The molecule has 5 nitrogen and oxygen atoms in total.